The summed E-state index contributed by atoms with van der Waals surface area (Å²) >= 11 is 0. The van der Waals surface area contributed by atoms with Gasteiger partial charge >= 0.3 is 0 Å². The van der Waals surface area contributed by atoms with Crippen LogP contribution in [0.15, 0.2) is 48.3 Å². The van der Waals surface area contributed by atoms with Crippen molar-refractivity contribution in [3.05, 3.63) is 59.5 Å². The summed E-state index contributed by atoms with van der Waals surface area (Å²) in [7, 11) is 0. The van der Waals surface area contributed by atoms with Gasteiger partial charge in [0.05, 0.1) is 11.0 Å². The molecule has 0 atom stereocenters. The van der Waals surface area contributed by atoms with Gasteiger partial charge in [0.15, 0.2) is 0 Å². The predicted molar refractivity (Wildman–Crippen MR) is 106 cm³/mol. The molecule has 0 aliphatic heterocycles. The van der Waals surface area contributed by atoms with E-state index in [9.17, 15) is 0 Å². The fraction of sp³-hybridized carbons (Fsp3) is 0.520. The van der Waals surface area contributed by atoms with E-state index in [1.165, 1.54) is 6.42 Å². The third-order valence-corrected chi connectivity index (χ3v) is 6.68. The van der Waals surface area contributed by atoms with E-state index in [0.29, 0.717) is 23.0 Å². The third-order valence-electron chi connectivity index (χ3n) is 6.68. The molecule has 0 unspecified atom stereocenters. The first-order valence-corrected chi connectivity index (χ1v) is 9.73. The molecule has 4 fully saturated rings. The van der Waals surface area contributed by atoms with E-state index in [1.54, 1.807) is 13.8 Å². The van der Waals surface area contributed by atoms with Gasteiger partial charge in [-0.1, -0.05) is 62.2 Å². The zero-order valence-corrected chi connectivity index (χ0v) is 15.0. The lowest BCUT2D eigenvalue weighted by atomic mass is 9.51. The quantitative estimate of drug-likeness (QED) is 0.564. The van der Waals surface area contributed by atoms with E-state index in [1.807, 2.05) is 0 Å². The van der Waals surface area contributed by atoms with E-state index in [2.05, 4.69) is 0 Å². The molecule has 6 rings (SSSR count). The maximum atomic E-state index is 8.85. The molecule has 0 nitrogen and oxygen atoms in total. The topological polar surface area (TPSA) is 0 Å². The van der Waals surface area contributed by atoms with Crippen molar-refractivity contribution in [3.63, 3.8) is 0 Å². The summed E-state index contributed by atoms with van der Waals surface area (Å²) in [6, 6.07) is -1.62. The molecule has 0 radical (unpaired) electrons. The summed E-state index contributed by atoms with van der Waals surface area (Å²) in [6.07, 6.45) is 5.71. The van der Waals surface area contributed by atoms with E-state index in [4.69, 9.17) is 11.0 Å². The summed E-state index contributed by atoms with van der Waals surface area (Å²) in [6.45, 7) is 3.61. The number of hydrogen-bond acceptors (Lipinski definition) is 0. The SMILES string of the molecule is [2H]c1c([2H])c(C(C)C)c([2H])c([2H])c1-c1c([2H])c([2H])c(C2C3CC4CC(C3)CC2C4)c([2H])c1[2H]. The lowest BCUT2D eigenvalue weighted by molar-refractivity contribution is -0.00277. The molecule has 130 valence electrons. The molecule has 0 amide bonds. The van der Waals surface area contributed by atoms with Crippen LogP contribution < -0.4 is 0 Å². The molecule has 2 aromatic rings. The molecule has 0 N–H and O–H groups in total. The van der Waals surface area contributed by atoms with E-state index < -0.39 is 0 Å². The summed E-state index contributed by atoms with van der Waals surface area (Å²) in [5.41, 5.74) is 0.540. The van der Waals surface area contributed by atoms with Crippen molar-refractivity contribution >= 4 is 0 Å². The Hall–Kier alpha value is -1.56. The lowest BCUT2D eigenvalue weighted by Gasteiger charge is -2.54. The van der Waals surface area contributed by atoms with Crippen LogP contribution in [0.5, 0.6) is 0 Å². The Balaban J connectivity index is 1.70. The summed E-state index contributed by atoms with van der Waals surface area (Å²) < 4.78 is 69.1. The molecular formula is C25H30. The summed E-state index contributed by atoms with van der Waals surface area (Å²) in [5, 5.41) is 0. The maximum absolute atomic E-state index is 8.85. The highest BCUT2D eigenvalue weighted by molar-refractivity contribution is 5.64. The first kappa shape index (κ1) is 9.40. The second kappa shape index (κ2) is 6.01. The van der Waals surface area contributed by atoms with Crippen LogP contribution in [0, 0.1) is 23.7 Å². The average Bonchev–Trinajstić information content (AvgIpc) is 2.74. The van der Waals surface area contributed by atoms with Crippen molar-refractivity contribution in [2.75, 3.05) is 0 Å². The van der Waals surface area contributed by atoms with E-state index in [-0.39, 0.29) is 71.3 Å². The standard InChI is InChI=1S/C25H30/c1-16(2)19-3-5-20(6-4-19)21-7-9-22(10-8-21)25-23-12-17-11-18(14-23)15-24(25)13-17/h3-10,16-18,23-25H,11-15H2,1-2H3/i3D,4D,5D,6D,7D,8D,9D,10D. The second-order valence-electron chi connectivity index (χ2n) is 8.69. The van der Waals surface area contributed by atoms with Crippen molar-refractivity contribution in [2.24, 2.45) is 23.7 Å². The molecule has 0 spiro atoms. The zero-order chi connectivity index (χ0) is 23.9. The first-order valence-electron chi connectivity index (χ1n) is 13.7. The highest BCUT2D eigenvalue weighted by atomic mass is 14.5. The smallest absolute Gasteiger partial charge is 0.0587 e. The van der Waals surface area contributed by atoms with Crippen molar-refractivity contribution in [3.8, 4) is 11.1 Å². The number of hydrogen-bond donors (Lipinski definition) is 0. The number of benzene rings is 2. The molecule has 25 heavy (non-hydrogen) atoms. The minimum absolute atomic E-state index is 0.0350. The van der Waals surface area contributed by atoms with Crippen LogP contribution in [0.3, 0.4) is 0 Å². The highest BCUT2D eigenvalue weighted by Crippen LogP contribution is 2.59. The van der Waals surface area contributed by atoms with Crippen LogP contribution in [0.2, 0.25) is 0 Å². The van der Waals surface area contributed by atoms with E-state index >= 15 is 0 Å². The third kappa shape index (κ3) is 2.75. The molecule has 0 heterocycles. The Bertz CT molecular complexity index is 1070. The van der Waals surface area contributed by atoms with Crippen LogP contribution in [-0.2, 0) is 0 Å². The predicted octanol–water partition coefficient (Wildman–Crippen LogP) is 7.02. The van der Waals surface area contributed by atoms with Crippen molar-refractivity contribution in [1.82, 2.24) is 0 Å². The Morgan fingerprint density at radius 1 is 0.720 bits per heavy atom. The van der Waals surface area contributed by atoms with Crippen molar-refractivity contribution in [2.45, 2.75) is 57.8 Å². The Kier molecular flexibility index (Phi) is 2.26. The molecule has 0 saturated heterocycles. The maximum Gasteiger partial charge on any atom is 0.0629 e. The Morgan fingerprint density at radius 2 is 1.20 bits per heavy atom. The molecule has 2 aromatic carbocycles. The van der Waals surface area contributed by atoms with Gasteiger partial charge in [-0.25, -0.2) is 0 Å². The molecular weight excluding hydrogens is 300 g/mol. The van der Waals surface area contributed by atoms with Gasteiger partial charge in [-0.3, -0.25) is 0 Å². The number of rotatable bonds is 3. The lowest BCUT2D eigenvalue weighted by Crippen LogP contribution is -2.43. The van der Waals surface area contributed by atoms with Gasteiger partial charge in [-0.05, 0) is 89.9 Å². The summed E-state index contributed by atoms with van der Waals surface area (Å²) in [4.78, 5) is 0. The first-order chi connectivity index (χ1) is 15.5. The van der Waals surface area contributed by atoms with Crippen LogP contribution in [0.1, 0.15) is 79.9 Å². The normalized spacial score (nSPS) is 37.6. The molecule has 0 heteroatoms. The molecule has 0 aromatic heterocycles. The van der Waals surface area contributed by atoms with Crippen LogP contribution in [0.25, 0.3) is 11.1 Å². The minimum atomic E-state index is -0.303. The Morgan fingerprint density at radius 3 is 1.68 bits per heavy atom. The molecule has 4 aliphatic rings. The van der Waals surface area contributed by atoms with Crippen molar-refractivity contribution < 1.29 is 11.0 Å². The second-order valence-corrected chi connectivity index (χ2v) is 8.69. The van der Waals surface area contributed by atoms with Gasteiger partial charge < -0.3 is 0 Å². The van der Waals surface area contributed by atoms with Gasteiger partial charge in [0, 0.05) is 0 Å². The molecule has 4 saturated carbocycles. The summed E-state index contributed by atoms with van der Waals surface area (Å²) in [5.74, 6) is 2.10. The fourth-order valence-corrected chi connectivity index (χ4v) is 5.75. The van der Waals surface area contributed by atoms with Crippen LogP contribution in [-0.4, -0.2) is 0 Å². The van der Waals surface area contributed by atoms with Gasteiger partial charge in [-0.15, -0.1) is 0 Å². The van der Waals surface area contributed by atoms with Crippen molar-refractivity contribution in [1.29, 1.82) is 0 Å². The molecule has 4 aliphatic carbocycles. The largest absolute Gasteiger partial charge is 0.0629 e. The Labute approximate surface area is 163 Å². The monoisotopic (exact) mass is 338 g/mol. The highest BCUT2D eigenvalue weighted by Gasteiger charge is 2.48. The van der Waals surface area contributed by atoms with Gasteiger partial charge in [0.25, 0.3) is 0 Å². The van der Waals surface area contributed by atoms with E-state index in [0.717, 1.165) is 37.5 Å². The van der Waals surface area contributed by atoms with Gasteiger partial charge in [0.1, 0.15) is 0 Å². The zero-order valence-electron chi connectivity index (χ0n) is 23.0. The molecule has 4 bridgehead atoms. The van der Waals surface area contributed by atoms with Gasteiger partial charge in [0.2, 0.25) is 0 Å². The van der Waals surface area contributed by atoms with Crippen LogP contribution >= 0.6 is 0 Å². The minimum Gasteiger partial charge on any atom is -0.0587 e. The average molecular weight is 339 g/mol. The van der Waals surface area contributed by atoms with Gasteiger partial charge in [-0.2, -0.15) is 0 Å². The van der Waals surface area contributed by atoms with Crippen LogP contribution in [0.4, 0.5) is 0 Å². The fourth-order valence-electron chi connectivity index (χ4n) is 5.75.